The third kappa shape index (κ3) is 6.93. The highest BCUT2D eigenvalue weighted by molar-refractivity contribution is 7.91. The highest BCUT2D eigenvalue weighted by Crippen LogP contribution is 2.23. The molecule has 0 fully saturated rings. The number of halogens is 3. The molecule has 11 heteroatoms. The van der Waals surface area contributed by atoms with E-state index in [2.05, 4.69) is 5.10 Å². The van der Waals surface area contributed by atoms with Crippen molar-refractivity contribution in [1.82, 2.24) is 9.78 Å². The third-order valence-corrected chi connectivity index (χ3v) is 5.60. The number of hydrogen-bond acceptors (Lipinski definition) is 4. The molecule has 0 radical (unpaired) electrons. The minimum absolute atomic E-state index is 0.0174. The Kier molecular flexibility index (Phi) is 7.91. The van der Waals surface area contributed by atoms with Crippen molar-refractivity contribution in [3.63, 3.8) is 0 Å². The molecule has 7 nitrogen and oxygen atoms in total. The van der Waals surface area contributed by atoms with Gasteiger partial charge in [-0.2, -0.15) is 18.3 Å². The molecule has 0 saturated heterocycles. The number of pyridine rings is 1. The van der Waals surface area contributed by atoms with Gasteiger partial charge in [-0.1, -0.05) is 11.2 Å². The van der Waals surface area contributed by atoms with E-state index in [1.807, 2.05) is 0 Å². The molecule has 29 heavy (non-hydrogen) atoms. The lowest BCUT2D eigenvalue weighted by Gasteiger charge is -2.20. The van der Waals surface area contributed by atoms with Crippen LogP contribution in [0.3, 0.4) is 0 Å². The summed E-state index contributed by atoms with van der Waals surface area (Å²) in [4.78, 5) is 14.1. The Hall–Kier alpha value is -2.27. The molecule has 2 aromatic heterocycles. The summed E-state index contributed by atoms with van der Waals surface area (Å²) >= 11 is -1.48. The van der Waals surface area contributed by atoms with Gasteiger partial charge >= 0.3 is 6.18 Å². The van der Waals surface area contributed by atoms with Crippen LogP contribution in [0.15, 0.2) is 30.7 Å². The first-order valence-corrected chi connectivity index (χ1v) is 10.6. The van der Waals surface area contributed by atoms with Crippen LogP contribution in [0.25, 0.3) is 5.69 Å². The predicted molar refractivity (Wildman–Crippen MR) is 101 cm³/mol. The summed E-state index contributed by atoms with van der Waals surface area (Å²) in [6.45, 7) is 3.90. The molecule has 1 N–H and O–H groups in total. The molecular formula is C18H24F3N4O3S+. The molecule has 0 spiro atoms. The number of hydrogen-bond donors (Lipinski definition) is 1. The molecule has 2 heterocycles. The standard InChI is InChI=1S/C18H24F3N4O3S/c1-3-24(17(26)7-11-29(28)10-5-8-18(19,20)21)16-13-25(22-14(16)2)15-6-4-9-23(27)12-15/h4,6,9,12-13,27H,3,5,7-8,10-11H2,1-2H3/q+1. The minimum atomic E-state index is -4.26. The first kappa shape index (κ1) is 23.0. The van der Waals surface area contributed by atoms with Crippen molar-refractivity contribution < 1.29 is 32.5 Å². The third-order valence-electron chi connectivity index (χ3n) is 4.19. The van der Waals surface area contributed by atoms with Crippen LogP contribution in [0.5, 0.6) is 0 Å². The summed E-state index contributed by atoms with van der Waals surface area (Å²) < 4.78 is 50.8. The average Bonchev–Trinajstić information content (AvgIpc) is 3.01. The maximum absolute atomic E-state index is 12.6. The van der Waals surface area contributed by atoms with E-state index in [1.54, 1.807) is 32.2 Å². The summed E-state index contributed by atoms with van der Waals surface area (Å²) in [6, 6.07) is 3.38. The van der Waals surface area contributed by atoms with Crippen molar-refractivity contribution >= 4 is 22.8 Å². The van der Waals surface area contributed by atoms with Crippen molar-refractivity contribution in [3.8, 4) is 5.69 Å². The van der Waals surface area contributed by atoms with E-state index in [-0.39, 0.29) is 30.3 Å². The molecule has 0 aliphatic heterocycles. The predicted octanol–water partition coefficient (Wildman–Crippen LogP) is 2.54. The summed E-state index contributed by atoms with van der Waals surface area (Å²) in [5, 5.41) is 13.9. The fourth-order valence-electron chi connectivity index (χ4n) is 2.79. The summed E-state index contributed by atoms with van der Waals surface area (Å²) in [7, 11) is 0. The molecule has 0 saturated carbocycles. The molecule has 1 atom stereocenters. The number of anilines is 1. The zero-order valence-corrected chi connectivity index (χ0v) is 17.0. The Bertz CT molecular complexity index is 829. The van der Waals surface area contributed by atoms with Crippen LogP contribution in [0.1, 0.15) is 31.9 Å². The average molecular weight is 433 g/mol. The van der Waals surface area contributed by atoms with E-state index in [9.17, 15) is 27.7 Å². The number of amides is 1. The quantitative estimate of drug-likeness (QED) is 0.374. The Morgan fingerprint density at radius 1 is 1.41 bits per heavy atom. The van der Waals surface area contributed by atoms with Crippen LogP contribution in [0, 0.1) is 6.92 Å². The first-order chi connectivity index (χ1) is 13.6. The van der Waals surface area contributed by atoms with Crippen molar-refractivity contribution in [2.24, 2.45) is 0 Å². The molecular weight excluding hydrogens is 409 g/mol. The Morgan fingerprint density at radius 2 is 2.14 bits per heavy atom. The first-order valence-electron chi connectivity index (χ1n) is 9.10. The number of aromatic nitrogens is 3. The van der Waals surface area contributed by atoms with Gasteiger partial charge in [-0.25, -0.2) is 4.68 Å². The van der Waals surface area contributed by atoms with Gasteiger partial charge in [-0.15, -0.1) is 0 Å². The maximum Gasteiger partial charge on any atom is 0.389 e. The van der Waals surface area contributed by atoms with E-state index < -0.39 is 23.8 Å². The van der Waals surface area contributed by atoms with Crippen LogP contribution >= 0.6 is 0 Å². The van der Waals surface area contributed by atoms with Gasteiger partial charge in [0.15, 0.2) is 0 Å². The lowest BCUT2D eigenvalue weighted by molar-refractivity contribution is -0.904. The lowest BCUT2D eigenvalue weighted by Crippen LogP contribution is -2.32. The van der Waals surface area contributed by atoms with Gasteiger partial charge in [-0.05, 0) is 19.9 Å². The molecule has 2 rings (SSSR count). The largest absolute Gasteiger partial charge is 0.616 e. The maximum atomic E-state index is 12.6. The van der Waals surface area contributed by atoms with Crippen LogP contribution < -0.4 is 9.63 Å². The Balaban J connectivity index is 1.99. The second-order valence-electron chi connectivity index (χ2n) is 6.44. The van der Waals surface area contributed by atoms with Gasteiger partial charge in [-0.3, -0.25) is 10.0 Å². The zero-order chi connectivity index (χ0) is 21.6. The van der Waals surface area contributed by atoms with Gasteiger partial charge in [0, 0.05) is 30.2 Å². The number of carbonyl (C=O) groups excluding carboxylic acids is 1. The van der Waals surface area contributed by atoms with Crippen molar-refractivity contribution in [2.45, 2.75) is 39.3 Å². The zero-order valence-electron chi connectivity index (χ0n) is 16.2. The second-order valence-corrected chi connectivity index (χ2v) is 8.14. The molecule has 1 amide bonds. The van der Waals surface area contributed by atoms with Crippen LogP contribution in [0.4, 0.5) is 18.9 Å². The van der Waals surface area contributed by atoms with E-state index in [1.165, 1.54) is 22.0 Å². The number of aryl methyl sites for hydroxylation is 1. The van der Waals surface area contributed by atoms with Crippen molar-refractivity contribution in [3.05, 3.63) is 36.4 Å². The summed E-state index contributed by atoms with van der Waals surface area (Å²) in [5.41, 5.74) is 1.77. The van der Waals surface area contributed by atoms with Gasteiger partial charge in [0.05, 0.1) is 24.0 Å². The number of carbonyl (C=O) groups is 1. The molecule has 2 aromatic rings. The van der Waals surface area contributed by atoms with Gasteiger partial charge < -0.3 is 9.45 Å². The minimum Gasteiger partial charge on any atom is -0.616 e. The molecule has 0 aliphatic rings. The SMILES string of the molecule is CCN(C(=O)CC[S+]([O-])CCCC(F)(F)F)c1cn(-c2ccc[n+](O)c2)nc1C. The fraction of sp³-hybridized carbons (Fsp3) is 0.500. The normalized spacial score (nSPS) is 12.8. The van der Waals surface area contributed by atoms with Crippen molar-refractivity contribution in [1.29, 1.82) is 0 Å². The number of alkyl halides is 3. The van der Waals surface area contributed by atoms with E-state index in [0.29, 0.717) is 23.6 Å². The Labute approximate surface area is 169 Å². The Morgan fingerprint density at radius 3 is 2.76 bits per heavy atom. The lowest BCUT2D eigenvalue weighted by atomic mass is 10.3. The number of nitrogens with zero attached hydrogens (tertiary/aromatic N) is 4. The van der Waals surface area contributed by atoms with Gasteiger partial charge in [0.25, 0.3) is 0 Å². The molecule has 0 aromatic carbocycles. The van der Waals surface area contributed by atoms with E-state index in [0.717, 1.165) is 4.73 Å². The topological polar surface area (TPSA) is 85.3 Å². The highest BCUT2D eigenvalue weighted by Gasteiger charge is 2.27. The summed E-state index contributed by atoms with van der Waals surface area (Å²) in [6.07, 6.45) is -0.902. The number of rotatable bonds is 9. The molecule has 0 aliphatic carbocycles. The molecule has 1 unspecified atom stereocenters. The van der Waals surface area contributed by atoms with Gasteiger partial charge in [0.1, 0.15) is 17.2 Å². The summed E-state index contributed by atoms with van der Waals surface area (Å²) in [5.74, 6) is -0.334. The van der Waals surface area contributed by atoms with E-state index >= 15 is 0 Å². The second kappa shape index (κ2) is 9.97. The van der Waals surface area contributed by atoms with E-state index in [4.69, 9.17) is 0 Å². The monoisotopic (exact) mass is 433 g/mol. The van der Waals surface area contributed by atoms with Crippen LogP contribution in [-0.2, 0) is 16.0 Å². The van der Waals surface area contributed by atoms with Crippen molar-refractivity contribution in [2.75, 3.05) is 23.0 Å². The van der Waals surface area contributed by atoms with Gasteiger partial charge in [0.2, 0.25) is 18.3 Å². The molecule has 0 bridgehead atoms. The van der Waals surface area contributed by atoms with Crippen LogP contribution in [-0.4, -0.2) is 49.7 Å². The smallest absolute Gasteiger partial charge is 0.389 e. The fourth-order valence-corrected chi connectivity index (χ4v) is 3.86. The molecule has 160 valence electrons. The van der Waals surface area contributed by atoms with Crippen LogP contribution in [0.2, 0.25) is 0 Å². The highest BCUT2D eigenvalue weighted by atomic mass is 32.2.